The predicted molar refractivity (Wildman–Crippen MR) is 50.6 cm³/mol. The van der Waals surface area contributed by atoms with E-state index in [9.17, 15) is 9.59 Å². The molecule has 1 saturated carbocycles. The average molecular weight is 194 g/mol. The van der Waals surface area contributed by atoms with Gasteiger partial charge in [0.1, 0.15) is 5.78 Å². The minimum atomic E-state index is -0.538. The number of ketones is 1. The van der Waals surface area contributed by atoms with Gasteiger partial charge in [-0.1, -0.05) is 12.2 Å². The van der Waals surface area contributed by atoms with Crippen LogP contribution in [0.2, 0.25) is 0 Å². The molecule has 14 heavy (non-hydrogen) atoms. The number of carbonyl (C=O) groups is 2. The maximum atomic E-state index is 11.6. The van der Waals surface area contributed by atoms with E-state index in [1.807, 2.05) is 6.08 Å². The van der Waals surface area contributed by atoms with E-state index < -0.39 is 5.41 Å². The molecule has 0 amide bonds. The number of fused-ring (bicyclic) bond motifs is 2. The van der Waals surface area contributed by atoms with Crippen molar-refractivity contribution in [1.82, 2.24) is 0 Å². The third kappa shape index (κ3) is 1.37. The molecule has 0 aromatic carbocycles. The summed E-state index contributed by atoms with van der Waals surface area (Å²) in [5.41, 5.74) is -0.538. The van der Waals surface area contributed by atoms with Crippen LogP contribution in [0.15, 0.2) is 12.2 Å². The maximum absolute atomic E-state index is 11.6. The fourth-order valence-corrected chi connectivity index (χ4v) is 2.62. The highest BCUT2D eigenvalue weighted by molar-refractivity contribution is 5.89. The Morgan fingerprint density at radius 2 is 2.43 bits per heavy atom. The van der Waals surface area contributed by atoms with Gasteiger partial charge in [-0.3, -0.25) is 9.59 Å². The van der Waals surface area contributed by atoms with Gasteiger partial charge in [0.2, 0.25) is 0 Å². The van der Waals surface area contributed by atoms with Gasteiger partial charge in [0.05, 0.1) is 12.5 Å². The molecule has 0 saturated heterocycles. The van der Waals surface area contributed by atoms with Crippen LogP contribution in [0.4, 0.5) is 0 Å². The maximum Gasteiger partial charge on any atom is 0.312 e. The van der Waals surface area contributed by atoms with Gasteiger partial charge < -0.3 is 4.74 Å². The first-order chi connectivity index (χ1) is 6.66. The van der Waals surface area contributed by atoms with Gasteiger partial charge >= 0.3 is 5.97 Å². The second-order valence-electron chi connectivity index (χ2n) is 4.29. The van der Waals surface area contributed by atoms with Crippen molar-refractivity contribution in [3.8, 4) is 0 Å². The molecule has 76 valence electrons. The van der Waals surface area contributed by atoms with Gasteiger partial charge in [-0.2, -0.15) is 0 Å². The number of ether oxygens (including phenoxy) is 1. The molecule has 0 aromatic rings. The molecule has 2 rings (SSSR count). The predicted octanol–water partition coefficient (Wildman–Crippen LogP) is 1.47. The number of hydrogen-bond acceptors (Lipinski definition) is 3. The Balaban J connectivity index is 2.29. The quantitative estimate of drug-likeness (QED) is 0.469. The molecule has 2 atom stereocenters. The third-order valence-corrected chi connectivity index (χ3v) is 3.21. The minimum absolute atomic E-state index is 0.191. The smallest absolute Gasteiger partial charge is 0.312 e. The van der Waals surface area contributed by atoms with Gasteiger partial charge in [-0.05, 0) is 18.8 Å². The SMILES string of the molecule is COC(=O)C12CC=CC(CC(=O)C1)C2. The van der Waals surface area contributed by atoms with E-state index in [-0.39, 0.29) is 17.7 Å². The zero-order valence-corrected chi connectivity index (χ0v) is 8.29. The number of esters is 1. The van der Waals surface area contributed by atoms with Gasteiger partial charge in [-0.15, -0.1) is 0 Å². The Labute approximate surface area is 83.1 Å². The van der Waals surface area contributed by atoms with Gasteiger partial charge in [0.25, 0.3) is 0 Å². The van der Waals surface area contributed by atoms with Crippen molar-refractivity contribution < 1.29 is 14.3 Å². The summed E-state index contributed by atoms with van der Waals surface area (Å²) < 4.78 is 4.79. The molecule has 2 bridgehead atoms. The lowest BCUT2D eigenvalue weighted by Gasteiger charge is -2.38. The van der Waals surface area contributed by atoms with E-state index >= 15 is 0 Å². The zero-order chi connectivity index (χ0) is 10.2. The largest absolute Gasteiger partial charge is 0.469 e. The Bertz CT molecular complexity index is 306. The van der Waals surface area contributed by atoms with E-state index in [4.69, 9.17) is 4.74 Å². The fourth-order valence-electron chi connectivity index (χ4n) is 2.62. The zero-order valence-electron chi connectivity index (χ0n) is 8.29. The summed E-state index contributed by atoms with van der Waals surface area (Å²) in [5.74, 6) is 0.222. The summed E-state index contributed by atoms with van der Waals surface area (Å²) >= 11 is 0. The van der Waals surface area contributed by atoms with Crippen LogP contribution in [0.3, 0.4) is 0 Å². The molecule has 0 spiro atoms. The second kappa shape index (κ2) is 3.23. The fraction of sp³-hybridized carbons (Fsp3) is 0.636. The van der Waals surface area contributed by atoms with Gasteiger partial charge in [-0.25, -0.2) is 0 Å². The number of carbonyl (C=O) groups excluding carboxylic acids is 2. The number of Topliss-reactive ketones (excluding diaryl/α,β-unsaturated/α-hetero) is 1. The molecular formula is C11H14O3. The van der Waals surface area contributed by atoms with Crippen LogP contribution >= 0.6 is 0 Å². The van der Waals surface area contributed by atoms with Crippen LogP contribution in [0.25, 0.3) is 0 Å². The van der Waals surface area contributed by atoms with Crippen molar-refractivity contribution in [3.05, 3.63) is 12.2 Å². The van der Waals surface area contributed by atoms with Crippen molar-refractivity contribution in [2.75, 3.05) is 7.11 Å². The van der Waals surface area contributed by atoms with Crippen LogP contribution in [0.5, 0.6) is 0 Å². The highest BCUT2D eigenvalue weighted by Crippen LogP contribution is 2.45. The van der Waals surface area contributed by atoms with Crippen molar-refractivity contribution in [3.63, 3.8) is 0 Å². The normalized spacial score (nSPS) is 35.5. The minimum Gasteiger partial charge on any atom is -0.469 e. The van der Waals surface area contributed by atoms with Crippen LogP contribution in [-0.2, 0) is 14.3 Å². The molecule has 3 heteroatoms. The monoisotopic (exact) mass is 194 g/mol. The van der Waals surface area contributed by atoms with E-state index in [1.54, 1.807) is 0 Å². The second-order valence-corrected chi connectivity index (χ2v) is 4.29. The van der Waals surface area contributed by atoms with E-state index in [0.717, 1.165) is 6.42 Å². The summed E-state index contributed by atoms with van der Waals surface area (Å²) in [5, 5.41) is 0. The molecule has 1 fully saturated rings. The Hall–Kier alpha value is -1.12. The molecule has 0 heterocycles. The molecule has 0 aromatic heterocycles. The number of hydrogen-bond donors (Lipinski definition) is 0. The standard InChI is InChI=1S/C11H14O3/c1-14-10(13)11-4-2-3-8(6-11)5-9(12)7-11/h2-3,8H,4-7H2,1H3. The molecule has 0 N–H and O–H groups in total. The summed E-state index contributed by atoms with van der Waals surface area (Å²) in [6.07, 6.45) is 6.45. The first-order valence-corrected chi connectivity index (χ1v) is 4.93. The van der Waals surface area contributed by atoms with Crippen LogP contribution < -0.4 is 0 Å². The average Bonchev–Trinajstić information content (AvgIpc) is 2.15. The van der Waals surface area contributed by atoms with Gasteiger partial charge in [0.15, 0.2) is 0 Å². The van der Waals surface area contributed by atoms with Crippen molar-refractivity contribution in [1.29, 1.82) is 0 Å². The molecule has 2 aliphatic carbocycles. The molecule has 3 nitrogen and oxygen atoms in total. The molecule has 2 aliphatic rings. The molecule has 0 aliphatic heterocycles. The first kappa shape index (κ1) is 9.44. The lowest BCUT2D eigenvalue weighted by atomic mass is 9.64. The Morgan fingerprint density at radius 3 is 3.14 bits per heavy atom. The van der Waals surface area contributed by atoms with E-state index in [0.29, 0.717) is 19.3 Å². The van der Waals surface area contributed by atoms with Crippen LogP contribution in [0, 0.1) is 11.3 Å². The van der Waals surface area contributed by atoms with Crippen molar-refractivity contribution in [2.24, 2.45) is 11.3 Å². The lowest BCUT2D eigenvalue weighted by molar-refractivity contribution is -0.158. The third-order valence-electron chi connectivity index (χ3n) is 3.21. The Kier molecular flexibility index (Phi) is 2.17. The molecule has 0 radical (unpaired) electrons. The number of methoxy groups -OCH3 is 1. The van der Waals surface area contributed by atoms with Crippen molar-refractivity contribution >= 4 is 11.8 Å². The molecule has 2 unspecified atom stereocenters. The van der Waals surface area contributed by atoms with Crippen LogP contribution in [0.1, 0.15) is 25.7 Å². The summed E-state index contributed by atoms with van der Waals surface area (Å²) in [4.78, 5) is 23.1. The topological polar surface area (TPSA) is 43.4 Å². The van der Waals surface area contributed by atoms with E-state index in [2.05, 4.69) is 6.08 Å². The summed E-state index contributed by atoms with van der Waals surface area (Å²) in [6.45, 7) is 0. The summed E-state index contributed by atoms with van der Waals surface area (Å²) in [7, 11) is 1.39. The summed E-state index contributed by atoms with van der Waals surface area (Å²) in [6, 6.07) is 0. The van der Waals surface area contributed by atoms with Crippen molar-refractivity contribution in [2.45, 2.75) is 25.7 Å². The molecular weight excluding hydrogens is 180 g/mol. The number of rotatable bonds is 1. The highest BCUT2D eigenvalue weighted by Gasteiger charge is 2.47. The van der Waals surface area contributed by atoms with Crippen LogP contribution in [-0.4, -0.2) is 18.9 Å². The van der Waals surface area contributed by atoms with E-state index in [1.165, 1.54) is 7.11 Å². The Morgan fingerprint density at radius 1 is 1.64 bits per heavy atom. The number of allylic oxidation sites excluding steroid dienone is 2. The first-order valence-electron chi connectivity index (χ1n) is 4.93. The highest BCUT2D eigenvalue weighted by atomic mass is 16.5. The lowest BCUT2D eigenvalue weighted by Crippen LogP contribution is -2.41. The van der Waals surface area contributed by atoms with Gasteiger partial charge in [0, 0.05) is 12.8 Å².